The first-order valence-electron chi connectivity index (χ1n) is 8.65. The van der Waals surface area contributed by atoms with Gasteiger partial charge in [0, 0.05) is 12.1 Å². The molecule has 1 aromatic carbocycles. The van der Waals surface area contributed by atoms with Crippen molar-refractivity contribution in [1.82, 2.24) is 20.8 Å². The lowest BCUT2D eigenvalue weighted by Crippen LogP contribution is -2.47. The Kier molecular flexibility index (Phi) is 5.39. The van der Waals surface area contributed by atoms with E-state index < -0.39 is 0 Å². The maximum absolute atomic E-state index is 12.8. The van der Waals surface area contributed by atoms with Gasteiger partial charge in [-0.2, -0.15) is 4.98 Å². The van der Waals surface area contributed by atoms with Gasteiger partial charge in [0.25, 0.3) is 0 Å². The highest BCUT2D eigenvalue weighted by Gasteiger charge is 2.49. The fourth-order valence-electron chi connectivity index (χ4n) is 4.05. The minimum absolute atomic E-state index is 0. The number of nitrogens with zero attached hydrogens (tertiary/aromatic N) is 2. The predicted octanol–water partition coefficient (Wildman–Crippen LogP) is 2.55. The third kappa shape index (κ3) is 3.41. The fourth-order valence-corrected chi connectivity index (χ4v) is 4.05. The molecule has 2 heterocycles. The highest BCUT2D eigenvalue weighted by molar-refractivity contribution is 5.85. The number of carbonyl (C=O) groups is 1. The van der Waals surface area contributed by atoms with Crippen LogP contribution in [0.3, 0.4) is 0 Å². The summed E-state index contributed by atoms with van der Waals surface area (Å²) in [7, 11) is 0. The second kappa shape index (κ2) is 7.54. The number of carbonyl (C=O) groups excluding carboxylic acids is 1. The van der Waals surface area contributed by atoms with Crippen molar-refractivity contribution >= 4 is 18.3 Å². The van der Waals surface area contributed by atoms with E-state index in [1.54, 1.807) is 0 Å². The van der Waals surface area contributed by atoms with E-state index in [1.165, 1.54) is 6.42 Å². The summed E-state index contributed by atoms with van der Waals surface area (Å²) in [5, 5.41) is 10.4. The van der Waals surface area contributed by atoms with Gasteiger partial charge in [0.15, 0.2) is 0 Å². The zero-order valence-electron chi connectivity index (χ0n) is 14.0. The number of benzene rings is 1. The van der Waals surface area contributed by atoms with E-state index >= 15 is 0 Å². The third-order valence-electron chi connectivity index (χ3n) is 5.39. The summed E-state index contributed by atoms with van der Waals surface area (Å²) in [6.45, 7) is 2.02. The van der Waals surface area contributed by atoms with Crippen LogP contribution >= 0.6 is 12.4 Å². The average Bonchev–Trinajstić information content (AvgIpc) is 3.28. The number of hydrogen-bond acceptors (Lipinski definition) is 5. The number of nitrogens with one attached hydrogen (secondary N) is 2. The molecule has 0 bridgehead atoms. The van der Waals surface area contributed by atoms with Crippen LogP contribution in [-0.2, 0) is 11.3 Å². The van der Waals surface area contributed by atoms with Crippen LogP contribution in [0.1, 0.15) is 31.6 Å². The Bertz CT molecular complexity index is 721. The summed E-state index contributed by atoms with van der Waals surface area (Å²) < 4.78 is 5.27. The molecule has 4 rings (SSSR count). The van der Waals surface area contributed by atoms with Crippen molar-refractivity contribution in [3.8, 4) is 11.4 Å². The Hall–Kier alpha value is -1.92. The van der Waals surface area contributed by atoms with E-state index in [0.29, 0.717) is 17.6 Å². The molecule has 1 aromatic heterocycles. The Balaban J connectivity index is 0.00000182. The van der Waals surface area contributed by atoms with Crippen LogP contribution in [0.4, 0.5) is 0 Å². The van der Waals surface area contributed by atoms with Crippen LogP contribution in [0.2, 0.25) is 0 Å². The van der Waals surface area contributed by atoms with Gasteiger partial charge in [0.1, 0.15) is 0 Å². The molecular formula is C18H23ClN4O2. The quantitative estimate of drug-likeness (QED) is 0.873. The summed E-state index contributed by atoms with van der Waals surface area (Å²) in [6.07, 6.45) is 4.46. The van der Waals surface area contributed by atoms with Gasteiger partial charge in [-0.25, -0.2) is 0 Å². The number of fused-ring (bicyclic) bond motifs is 1. The topological polar surface area (TPSA) is 80.1 Å². The van der Waals surface area contributed by atoms with E-state index in [4.69, 9.17) is 4.52 Å². The molecule has 0 spiro atoms. The summed E-state index contributed by atoms with van der Waals surface area (Å²) in [4.78, 5) is 17.2. The largest absolute Gasteiger partial charge is 0.346 e. The molecular weight excluding hydrogens is 340 g/mol. The Morgan fingerprint density at radius 2 is 2.16 bits per heavy atom. The molecule has 134 valence electrons. The van der Waals surface area contributed by atoms with Gasteiger partial charge in [0.2, 0.25) is 17.6 Å². The normalized spacial score (nSPS) is 25.0. The van der Waals surface area contributed by atoms with Crippen LogP contribution in [0.5, 0.6) is 0 Å². The average molecular weight is 363 g/mol. The van der Waals surface area contributed by atoms with Gasteiger partial charge in [-0.15, -0.1) is 12.4 Å². The van der Waals surface area contributed by atoms with Crippen molar-refractivity contribution in [1.29, 1.82) is 0 Å². The molecule has 2 atom stereocenters. The van der Waals surface area contributed by atoms with Crippen LogP contribution in [0, 0.1) is 11.3 Å². The van der Waals surface area contributed by atoms with Gasteiger partial charge in [-0.3, -0.25) is 4.79 Å². The number of amides is 1. The Morgan fingerprint density at radius 3 is 3.00 bits per heavy atom. The molecule has 1 aliphatic carbocycles. The zero-order chi connectivity index (χ0) is 16.4. The number of halogens is 1. The molecule has 0 unspecified atom stereocenters. The van der Waals surface area contributed by atoms with Crippen molar-refractivity contribution in [3.63, 3.8) is 0 Å². The van der Waals surface area contributed by atoms with Crippen molar-refractivity contribution in [3.05, 3.63) is 36.2 Å². The zero-order valence-corrected chi connectivity index (χ0v) is 14.8. The molecule has 2 N–H and O–H groups in total. The summed E-state index contributed by atoms with van der Waals surface area (Å²) >= 11 is 0. The van der Waals surface area contributed by atoms with E-state index in [9.17, 15) is 4.79 Å². The molecule has 2 fully saturated rings. The molecule has 1 saturated heterocycles. The smallest absolute Gasteiger partial charge is 0.246 e. The van der Waals surface area contributed by atoms with Crippen molar-refractivity contribution in [2.45, 2.75) is 32.2 Å². The Morgan fingerprint density at radius 1 is 1.32 bits per heavy atom. The molecule has 1 saturated carbocycles. The lowest BCUT2D eigenvalue weighted by Gasteiger charge is -2.36. The maximum Gasteiger partial charge on any atom is 0.246 e. The Labute approximate surface area is 153 Å². The molecule has 0 radical (unpaired) electrons. The first kappa shape index (κ1) is 17.9. The van der Waals surface area contributed by atoms with Gasteiger partial charge in [-0.1, -0.05) is 48.3 Å². The highest BCUT2D eigenvalue weighted by atomic mass is 35.5. The van der Waals surface area contributed by atoms with Crippen LogP contribution in [0.25, 0.3) is 11.4 Å². The lowest BCUT2D eigenvalue weighted by atomic mass is 9.67. The van der Waals surface area contributed by atoms with Crippen LogP contribution < -0.4 is 10.6 Å². The second-order valence-electron chi connectivity index (χ2n) is 6.79. The number of hydrogen-bond donors (Lipinski definition) is 2. The van der Waals surface area contributed by atoms with Crippen molar-refractivity contribution in [2.75, 3.05) is 13.1 Å². The number of rotatable bonds is 4. The number of aromatic nitrogens is 2. The molecule has 2 aromatic rings. The predicted molar refractivity (Wildman–Crippen MR) is 96.1 cm³/mol. The second-order valence-corrected chi connectivity index (χ2v) is 6.79. The molecule has 6 nitrogen and oxygen atoms in total. The highest BCUT2D eigenvalue weighted by Crippen LogP contribution is 2.43. The first-order chi connectivity index (χ1) is 11.8. The monoisotopic (exact) mass is 362 g/mol. The van der Waals surface area contributed by atoms with Crippen molar-refractivity contribution < 1.29 is 9.32 Å². The molecule has 25 heavy (non-hydrogen) atoms. The summed E-state index contributed by atoms with van der Waals surface area (Å²) in [5.41, 5.74) is 0.658. The molecule has 7 heteroatoms. The minimum Gasteiger partial charge on any atom is -0.346 e. The molecule has 1 amide bonds. The molecule has 1 aliphatic heterocycles. The van der Waals surface area contributed by atoms with Crippen molar-refractivity contribution in [2.24, 2.45) is 11.3 Å². The van der Waals surface area contributed by atoms with Gasteiger partial charge < -0.3 is 15.2 Å². The standard InChI is InChI=1S/C18H22N4O2.ClH/c23-17(18-9-5-4-8-14(18)10-19-12-18)20-11-15-21-16(22-24-15)13-6-2-1-3-7-13;/h1-3,6-7,14,19H,4-5,8-12H2,(H,20,23);1H/t14-,18+;/m0./s1. The van der Waals surface area contributed by atoms with Gasteiger partial charge in [0.05, 0.1) is 12.0 Å². The molecule has 2 aliphatic rings. The van der Waals surface area contributed by atoms with E-state index in [2.05, 4.69) is 20.8 Å². The minimum atomic E-state index is -0.249. The van der Waals surface area contributed by atoms with E-state index in [-0.39, 0.29) is 30.3 Å². The lowest BCUT2D eigenvalue weighted by molar-refractivity contribution is -0.134. The van der Waals surface area contributed by atoms with Gasteiger partial charge in [-0.05, 0) is 25.3 Å². The van der Waals surface area contributed by atoms with E-state index in [1.807, 2.05) is 30.3 Å². The van der Waals surface area contributed by atoms with E-state index in [0.717, 1.165) is 37.9 Å². The van der Waals surface area contributed by atoms with Gasteiger partial charge >= 0.3 is 0 Å². The SMILES string of the molecule is Cl.O=C(NCc1nc(-c2ccccc2)no1)[C@@]12CCCC[C@H]1CNC2. The summed E-state index contributed by atoms with van der Waals surface area (Å²) in [6, 6.07) is 9.68. The fraction of sp³-hybridized carbons (Fsp3) is 0.500. The maximum atomic E-state index is 12.8. The first-order valence-corrected chi connectivity index (χ1v) is 8.65. The van der Waals surface area contributed by atoms with Crippen LogP contribution in [-0.4, -0.2) is 29.1 Å². The van der Waals surface area contributed by atoms with Crippen LogP contribution in [0.15, 0.2) is 34.9 Å². The third-order valence-corrected chi connectivity index (χ3v) is 5.39. The summed E-state index contributed by atoms with van der Waals surface area (Å²) in [5.74, 6) is 1.57.